The Bertz CT molecular complexity index is 828. The van der Waals surface area contributed by atoms with Crippen molar-refractivity contribution in [2.45, 2.75) is 19.8 Å². The number of carbonyl (C=O) groups is 1. The van der Waals surface area contributed by atoms with Crippen molar-refractivity contribution in [1.29, 1.82) is 0 Å². The van der Waals surface area contributed by atoms with Crippen molar-refractivity contribution in [1.82, 2.24) is 14.2 Å². The summed E-state index contributed by atoms with van der Waals surface area (Å²) in [5.41, 5.74) is 1.58. The van der Waals surface area contributed by atoms with Crippen LogP contribution in [0, 0.1) is 0 Å². The molecule has 1 aliphatic rings. The van der Waals surface area contributed by atoms with Crippen molar-refractivity contribution in [2.75, 3.05) is 31.9 Å². The van der Waals surface area contributed by atoms with Crippen LogP contribution in [0.5, 0.6) is 0 Å². The molecule has 0 spiro atoms. The van der Waals surface area contributed by atoms with Crippen molar-refractivity contribution in [3.8, 4) is 0 Å². The van der Waals surface area contributed by atoms with Crippen molar-refractivity contribution >= 4 is 26.8 Å². The van der Waals surface area contributed by atoms with Crippen LogP contribution < -0.4 is 0 Å². The van der Waals surface area contributed by atoms with Crippen molar-refractivity contribution in [3.05, 3.63) is 36.0 Å². The largest absolute Gasteiger partial charge is 0.360 e. The Balaban J connectivity index is 1.75. The van der Waals surface area contributed by atoms with Crippen LogP contribution >= 0.6 is 0 Å². The number of fused-ring (bicyclic) bond motifs is 1. The van der Waals surface area contributed by atoms with E-state index in [0.717, 1.165) is 10.9 Å². The van der Waals surface area contributed by atoms with Crippen LogP contribution in [0.4, 0.5) is 0 Å². The molecular formula is C17H23N3O3S. The molecule has 0 unspecified atom stereocenters. The second-order valence-corrected chi connectivity index (χ2v) is 8.20. The Morgan fingerprint density at radius 3 is 2.75 bits per heavy atom. The molecule has 1 aromatic carbocycles. The van der Waals surface area contributed by atoms with E-state index in [-0.39, 0.29) is 11.7 Å². The summed E-state index contributed by atoms with van der Waals surface area (Å²) in [6.07, 6.45) is 3.01. The van der Waals surface area contributed by atoms with Gasteiger partial charge < -0.3 is 9.88 Å². The number of rotatable bonds is 4. The zero-order valence-corrected chi connectivity index (χ0v) is 14.7. The fourth-order valence-electron chi connectivity index (χ4n) is 3.18. The van der Waals surface area contributed by atoms with Gasteiger partial charge in [-0.15, -0.1) is 0 Å². The number of hydrogen-bond donors (Lipinski definition) is 1. The molecular weight excluding hydrogens is 326 g/mol. The van der Waals surface area contributed by atoms with E-state index in [4.69, 9.17) is 0 Å². The molecule has 0 saturated carbocycles. The maximum atomic E-state index is 12.8. The van der Waals surface area contributed by atoms with Gasteiger partial charge in [0.25, 0.3) is 5.91 Å². The summed E-state index contributed by atoms with van der Waals surface area (Å²) in [5, 5.41) is 0.905. The standard InChI is InChI=1S/C17H23N3O3S/c1-2-12-24(22,23)20-9-5-8-19(10-11-20)17(21)15-13-18-16-7-4-3-6-14(15)16/h3-4,6-7,13,18H,2,5,8-12H2,1H3. The number of aromatic amines is 1. The Morgan fingerprint density at radius 1 is 1.17 bits per heavy atom. The van der Waals surface area contributed by atoms with Crippen LogP contribution in [0.1, 0.15) is 30.1 Å². The van der Waals surface area contributed by atoms with Crippen molar-refractivity contribution in [3.63, 3.8) is 0 Å². The molecule has 2 aromatic rings. The highest BCUT2D eigenvalue weighted by molar-refractivity contribution is 7.89. The average molecular weight is 349 g/mol. The molecule has 1 N–H and O–H groups in total. The van der Waals surface area contributed by atoms with Gasteiger partial charge in [-0.1, -0.05) is 25.1 Å². The lowest BCUT2D eigenvalue weighted by Gasteiger charge is -2.21. The van der Waals surface area contributed by atoms with Gasteiger partial charge in [0, 0.05) is 43.3 Å². The van der Waals surface area contributed by atoms with Gasteiger partial charge in [0.2, 0.25) is 10.0 Å². The lowest BCUT2D eigenvalue weighted by atomic mass is 10.1. The first-order chi connectivity index (χ1) is 11.5. The van der Waals surface area contributed by atoms with E-state index in [1.807, 2.05) is 31.2 Å². The lowest BCUT2D eigenvalue weighted by molar-refractivity contribution is 0.0766. The number of hydrogen-bond acceptors (Lipinski definition) is 3. The third-order valence-electron chi connectivity index (χ3n) is 4.42. The van der Waals surface area contributed by atoms with Gasteiger partial charge in [-0.25, -0.2) is 12.7 Å². The van der Waals surface area contributed by atoms with Crippen LogP contribution in [-0.2, 0) is 10.0 Å². The summed E-state index contributed by atoms with van der Waals surface area (Å²) in [6, 6.07) is 7.70. The molecule has 0 bridgehead atoms. The summed E-state index contributed by atoms with van der Waals surface area (Å²) < 4.78 is 26.0. The number of benzene rings is 1. The highest BCUT2D eigenvalue weighted by atomic mass is 32.2. The number of amides is 1. The van der Waals surface area contributed by atoms with E-state index >= 15 is 0 Å². The normalized spacial score (nSPS) is 17.1. The summed E-state index contributed by atoms with van der Waals surface area (Å²) in [7, 11) is -3.21. The van der Waals surface area contributed by atoms with Gasteiger partial charge in [-0.05, 0) is 18.9 Å². The molecule has 7 heteroatoms. The molecule has 0 radical (unpaired) electrons. The molecule has 6 nitrogen and oxygen atoms in total. The predicted molar refractivity (Wildman–Crippen MR) is 94.5 cm³/mol. The minimum atomic E-state index is -3.21. The summed E-state index contributed by atoms with van der Waals surface area (Å²) in [5.74, 6) is 0.130. The summed E-state index contributed by atoms with van der Waals surface area (Å²) in [6.45, 7) is 3.73. The van der Waals surface area contributed by atoms with E-state index in [1.165, 1.54) is 4.31 Å². The fourth-order valence-corrected chi connectivity index (χ4v) is 4.72. The Kier molecular flexibility index (Phi) is 4.91. The Hall–Kier alpha value is -1.86. The first kappa shape index (κ1) is 17.0. The molecule has 2 heterocycles. The third-order valence-corrected chi connectivity index (χ3v) is 6.49. The topological polar surface area (TPSA) is 73.5 Å². The van der Waals surface area contributed by atoms with Crippen LogP contribution in [0.2, 0.25) is 0 Å². The van der Waals surface area contributed by atoms with Crippen LogP contribution in [-0.4, -0.2) is 60.4 Å². The monoisotopic (exact) mass is 349 g/mol. The van der Waals surface area contributed by atoms with Crippen LogP contribution in [0.3, 0.4) is 0 Å². The van der Waals surface area contributed by atoms with Gasteiger partial charge in [0.05, 0.1) is 11.3 Å². The first-order valence-electron chi connectivity index (χ1n) is 8.36. The number of carbonyl (C=O) groups excluding carboxylic acids is 1. The van der Waals surface area contributed by atoms with Crippen LogP contribution in [0.15, 0.2) is 30.5 Å². The molecule has 1 amide bonds. The molecule has 3 rings (SSSR count). The van der Waals surface area contributed by atoms with Crippen molar-refractivity contribution in [2.24, 2.45) is 0 Å². The molecule has 1 aromatic heterocycles. The molecule has 0 aliphatic carbocycles. The van der Waals surface area contributed by atoms with Crippen molar-refractivity contribution < 1.29 is 13.2 Å². The van der Waals surface area contributed by atoms with Gasteiger partial charge in [-0.2, -0.15) is 0 Å². The fraction of sp³-hybridized carbons (Fsp3) is 0.471. The molecule has 130 valence electrons. The van der Waals surface area contributed by atoms with Gasteiger partial charge in [0.1, 0.15) is 0 Å². The molecule has 1 saturated heterocycles. The van der Waals surface area contributed by atoms with Crippen LogP contribution in [0.25, 0.3) is 10.9 Å². The average Bonchev–Trinajstić information content (AvgIpc) is 2.82. The zero-order chi connectivity index (χ0) is 17.2. The number of aromatic nitrogens is 1. The maximum Gasteiger partial charge on any atom is 0.256 e. The number of para-hydroxylation sites is 1. The maximum absolute atomic E-state index is 12.8. The quantitative estimate of drug-likeness (QED) is 0.918. The molecule has 1 fully saturated rings. The second-order valence-electron chi connectivity index (χ2n) is 6.11. The lowest BCUT2D eigenvalue weighted by Crippen LogP contribution is -2.38. The molecule has 1 aliphatic heterocycles. The number of nitrogens with zero attached hydrogens (tertiary/aromatic N) is 2. The number of H-pyrrole nitrogens is 1. The summed E-state index contributed by atoms with van der Waals surface area (Å²) >= 11 is 0. The Morgan fingerprint density at radius 2 is 1.96 bits per heavy atom. The zero-order valence-electron chi connectivity index (χ0n) is 13.9. The number of sulfonamides is 1. The van der Waals surface area contributed by atoms with Gasteiger partial charge >= 0.3 is 0 Å². The van der Waals surface area contributed by atoms with E-state index in [0.29, 0.717) is 44.6 Å². The summed E-state index contributed by atoms with van der Waals surface area (Å²) in [4.78, 5) is 17.7. The van der Waals surface area contributed by atoms with E-state index in [2.05, 4.69) is 4.98 Å². The highest BCUT2D eigenvalue weighted by Gasteiger charge is 2.27. The van der Waals surface area contributed by atoms with Gasteiger partial charge in [0.15, 0.2) is 0 Å². The second kappa shape index (κ2) is 6.94. The first-order valence-corrected chi connectivity index (χ1v) is 9.97. The SMILES string of the molecule is CCCS(=O)(=O)N1CCCN(C(=O)c2c[nH]c3ccccc23)CC1. The highest BCUT2D eigenvalue weighted by Crippen LogP contribution is 2.20. The minimum absolute atomic E-state index is 0.0396. The minimum Gasteiger partial charge on any atom is -0.360 e. The molecule has 24 heavy (non-hydrogen) atoms. The Labute approximate surface area is 142 Å². The third kappa shape index (κ3) is 3.32. The molecule has 0 atom stereocenters. The van der Waals surface area contributed by atoms with Gasteiger partial charge in [-0.3, -0.25) is 4.79 Å². The van der Waals surface area contributed by atoms with E-state index in [9.17, 15) is 13.2 Å². The number of nitrogens with one attached hydrogen (secondary N) is 1. The van der Waals surface area contributed by atoms with E-state index in [1.54, 1.807) is 11.1 Å². The smallest absolute Gasteiger partial charge is 0.256 e. The predicted octanol–water partition coefficient (Wildman–Crippen LogP) is 2.06. The van der Waals surface area contributed by atoms with E-state index < -0.39 is 10.0 Å².